The number of ether oxygens (including phenoxy) is 2. The van der Waals surface area contributed by atoms with E-state index >= 15 is 0 Å². The van der Waals surface area contributed by atoms with E-state index in [0.29, 0.717) is 25.4 Å². The highest BCUT2D eigenvalue weighted by molar-refractivity contribution is 5.90. The summed E-state index contributed by atoms with van der Waals surface area (Å²) in [6, 6.07) is 0. The van der Waals surface area contributed by atoms with Crippen molar-refractivity contribution in [1.82, 2.24) is 9.78 Å². The van der Waals surface area contributed by atoms with Crippen LogP contribution in [0.15, 0.2) is 6.20 Å². The Balaban J connectivity index is 2.44. The SMILES string of the molecule is CCCCCCOCc1c(C(=O)OCC)cnn1C. The minimum Gasteiger partial charge on any atom is -0.462 e. The van der Waals surface area contributed by atoms with Crippen LogP contribution in [0.3, 0.4) is 0 Å². The Kier molecular flexibility index (Phi) is 7.18. The van der Waals surface area contributed by atoms with Gasteiger partial charge in [-0.15, -0.1) is 0 Å². The number of nitrogens with zero attached hydrogens (tertiary/aromatic N) is 2. The molecular formula is C14H24N2O3. The first kappa shape index (κ1) is 15.7. The van der Waals surface area contributed by atoms with E-state index in [9.17, 15) is 4.79 Å². The molecule has 0 unspecified atom stereocenters. The van der Waals surface area contributed by atoms with E-state index in [4.69, 9.17) is 9.47 Å². The third-order valence-electron chi connectivity index (χ3n) is 2.94. The molecule has 0 spiro atoms. The molecule has 0 fully saturated rings. The normalized spacial score (nSPS) is 10.7. The van der Waals surface area contributed by atoms with Crippen LogP contribution >= 0.6 is 0 Å². The van der Waals surface area contributed by atoms with Crippen molar-refractivity contribution < 1.29 is 14.3 Å². The molecule has 5 heteroatoms. The third-order valence-corrected chi connectivity index (χ3v) is 2.94. The number of hydrogen-bond acceptors (Lipinski definition) is 4. The zero-order valence-corrected chi connectivity index (χ0v) is 12.1. The van der Waals surface area contributed by atoms with Crippen molar-refractivity contribution in [1.29, 1.82) is 0 Å². The standard InChI is InChI=1S/C14H24N2O3/c1-4-6-7-8-9-18-11-13-12(10-15-16(13)3)14(17)19-5-2/h10H,4-9,11H2,1-3H3. The topological polar surface area (TPSA) is 53.4 Å². The number of aromatic nitrogens is 2. The Morgan fingerprint density at radius 2 is 2.11 bits per heavy atom. The molecule has 0 saturated heterocycles. The van der Waals surface area contributed by atoms with Crippen molar-refractivity contribution in [2.75, 3.05) is 13.2 Å². The highest BCUT2D eigenvalue weighted by Crippen LogP contribution is 2.11. The predicted octanol–water partition coefficient (Wildman–Crippen LogP) is 2.69. The Morgan fingerprint density at radius 1 is 1.32 bits per heavy atom. The number of esters is 1. The summed E-state index contributed by atoms with van der Waals surface area (Å²) in [6.45, 7) is 5.45. The molecule has 0 aliphatic heterocycles. The average Bonchev–Trinajstić information content (AvgIpc) is 2.76. The number of unbranched alkanes of at least 4 members (excludes halogenated alkanes) is 3. The summed E-state index contributed by atoms with van der Waals surface area (Å²) in [5.41, 5.74) is 1.27. The van der Waals surface area contributed by atoms with Crippen LogP contribution in [0, 0.1) is 0 Å². The van der Waals surface area contributed by atoms with Crippen molar-refractivity contribution in [3.8, 4) is 0 Å². The molecule has 0 N–H and O–H groups in total. The molecule has 1 aromatic heterocycles. The fourth-order valence-electron chi connectivity index (χ4n) is 1.81. The molecule has 108 valence electrons. The lowest BCUT2D eigenvalue weighted by Gasteiger charge is -2.07. The van der Waals surface area contributed by atoms with Gasteiger partial charge in [0.1, 0.15) is 5.56 Å². The van der Waals surface area contributed by atoms with Crippen LogP contribution in [0.2, 0.25) is 0 Å². The van der Waals surface area contributed by atoms with Crippen LogP contribution < -0.4 is 0 Å². The Morgan fingerprint density at radius 3 is 2.79 bits per heavy atom. The molecule has 0 atom stereocenters. The molecule has 1 aromatic rings. The monoisotopic (exact) mass is 268 g/mol. The van der Waals surface area contributed by atoms with Crippen molar-refractivity contribution in [2.24, 2.45) is 7.05 Å². The van der Waals surface area contributed by atoms with E-state index in [0.717, 1.165) is 12.1 Å². The van der Waals surface area contributed by atoms with Crippen molar-refractivity contribution in [3.05, 3.63) is 17.5 Å². The highest BCUT2D eigenvalue weighted by atomic mass is 16.5. The summed E-state index contributed by atoms with van der Waals surface area (Å²) < 4.78 is 12.3. The summed E-state index contributed by atoms with van der Waals surface area (Å²) in [5, 5.41) is 4.08. The first-order chi connectivity index (χ1) is 9.20. The van der Waals surface area contributed by atoms with Crippen LogP contribution in [0.25, 0.3) is 0 Å². The molecule has 0 aliphatic carbocycles. The van der Waals surface area contributed by atoms with Gasteiger partial charge in [0, 0.05) is 13.7 Å². The highest BCUT2D eigenvalue weighted by Gasteiger charge is 2.16. The van der Waals surface area contributed by atoms with E-state index in [1.807, 2.05) is 0 Å². The molecular weight excluding hydrogens is 244 g/mol. The van der Waals surface area contributed by atoms with Crippen LogP contribution in [-0.2, 0) is 23.1 Å². The van der Waals surface area contributed by atoms with Gasteiger partial charge in [-0.2, -0.15) is 5.10 Å². The molecule has 0 aliphatic rings. The second-order valence-electron chi connectivity index (χ2n) is 4.46. The Bertz CT molecular complexity index is 388. The van der Waals surface area contributed by atoms with Gasteiger partial charge in [0.05, 0.1) is 25.1 Å². The number of aryl methyl sites for hydroxylation is 1. The summed E-state index contributed by atoms with van der Waals surface area (Å²) in [7, 11) is 1.80. The molecule has 5 nitrogen and oxygen atoms in total. The lowest BCUT2D eigenvalue weighted by Crippen LogP contribution is -2.10. The fourth-order valence-corrected chi connectivity index (χ4v) is 1.81. The zero-order valence-electron chi connectivity index (χ0n) is 12.1. The smallest absolute Gasteiger partial charge is 0.341 e. The summed E-state index contributed by atoms with van der Waals surface area (Å²) in [5.74, 6) is -0.333. The molecule has 0 amide bonds. The van der Waals surface area contributed by atoms with E-state index in [1.165, 1.54) is 25.5 Å². The predicted molar refractivity (Wildman–Crippen MR) is 73.0 cm³/mol. The lowest BCUT2D eigenvalue weighted by atomic mass is 10.2. The van der Waals surface area contributed by atoms with E-state index in [2.05, 4.69) is 12.0 Å². The maximum atomic E-state index is 11.7. The number of carbonyl (C=O) groups excluding carboxylic acids is 1. The zero-order chi connectivity index (χ0) is 14.1. The summed E-state index contributed by atoms with van der Waals surface area (Å²) >= 11 is 0. The van der Waals surface area contributed by atoms with Gasteiger partial charge in [-0.3, -0.25) is 4.68 Å². The quantitative estimate of drug-likeness (QED) is 0.510. The molecule has 0 saturated carbocycles. The van der Waals surface area contributed by atoms with Crippen LogP contribution in [0.1, 0.15) is 55.6 Å². The third kappa shape index (κ3) is 5.03. The number of rotatable bonds is 9. The molecule has 0 radical (unpaired) electrons. The van der Waals surface area contributed by atoms with Gasteiger partial charge in [-0.25, -0.2) is 4.79 Å². The van der Waals surface area contributed by atoms with Crippen LogP contribution in [0.5, 0.6) is 0 Å². The van der Waals surface area contributed by atoms with Crippen molar-refractivity contribution in [2.45, 2.75) is 46.1 Å². The van der Waals surface area contributed by atoms with Crippen molar-refractivity contribution >= 4 is 5.97 Å². The first-order valence-electron chi connectivity index (χ1n) is 6.96. The van der Waals surface area contributed by atoms with Crippen LogP contribution in [0.4, 0.5) is 0 Å². The first-order valence-corrected chi connectivity index (χ1v) is 6.96. The van der Waals surface area contributed by atoms with Gasteiger partial charge < -0.3 is 9.47 Å². The summed E-state index contributed by atoms with van der Waals surface area (Å²) in [4.78, 5) is 11.7. The van der Waals surface area contributed by atoms with E-state index in [-0.39, 0.29) is 5.97 Å². The second-order valence-corrected chi connectivity index (χ2v) is 4.46. The minimum atomic E-state index is -0.333. The molecule has 0 aromatic carbocycles. The summed E-state index contributed by atoms with van der Waals surface area (Å²) in [6.07, 6.45) is 6.23. The van der Waals surface area contributed by atoms with E-state index in [1.54, 1.807) is 18.7 Å². The van der Waals surface area contributed by atoms with E-state index < -0.39 is 0 Å². The van der Waals surface area contributed by atoms with Gasteiger partial charge >= 0.3 is 5.97 Å². The average molecular weight is 268 g/mol. The van der Waals surface area contributed by atoms with Gasteiger partial charge in [0.15, 0.2) is 0 Å². The Hall–Kier alpha value is -1.36. The maximum absolute atomic E-state index is 11.7. The second kappa shape index (κ2) is 8.69. The van der Waals surface area contributed by atoms with Gasteiger partial charge in [0.2, 0.25) is 0 Å². The van der Waals surface area contributed by atoms with Crippen LogP contribution in [-0.4, -0.2) is 29.0 Å². The molecule has 1 rings (SSSR count). The number of hydrogen-bond donors (Lipinski definition) is 0. The fraction of sp³-hybridized carbons (Fsp3) is 0.714. The molecule has 19 heavy (non-hydrogen) atoms. The van der Waals surface area contributed by atoms with Gasteiger partial charge in [-0.05, 0) is 13.3 Å². The molecule has 1 heterocycles. The largest absolute Gasteiger partial charge is 0.462 e. The number of carbonyl (C=O) groups is 1. The lowest BCUT2D eigenvalue weighted by molar-refractivity contribution is 0.0517. The maximum Gasteiger partial charge on any atom is 0.341 e. The van der Waals surface area contributed by atoms with Crippen molar-refractivity contribution in [3.63, 3.8) is 0 Å². The van der Waals surface area contributed by atoms with Gasteiger partial charge in [-0.1, -0.05) is 26.2 Å². The Labute approximate surface area is 114 Å². The van der Waals surface area contributed by atoms with Gasteiger partial charge in [0.25, 0.3) is 0 Å². The molecule has 0 bridgehead atoms. The minimum absolute atomic E-state index is 0.333.